The van der Waals surface area contributed by atoms with E-state index in [2.05, 4.69) is 21.2 Å². The summed E-state index contributed by atoms with van der Waals surface area (Å²) in [5.41, 5.74) is 0.465. The number of rotatable bonds is 4. The highest BCUT2D eigenvalue weighted by Gasteiger charge is 2.16. The first-order valence-corrected chi connectivity index (χ1v) is 6.77. The van der Waals surface area contributed by atoms with Gasteiger partial charge in [0.2, 0.25) is 0 Å². The molecule has 2 aromatic carbocycles. The summed E-state index contributed by atoms with van der Waals surface area (Å²) in [7, 11) is 0. The van der Waals surface area contributed by atoms with E-state index in [0.29, 0.717) is 10.0 Å². The van der Waals surface area contributed by atoms with Gasteiger partial charge in [0, 0.05) is 17.1 Å². The van der Waals surface area contributed by atoms with Gasteiger partial charge in [-0.15, -0.1) is 0 Å². The van der Waals surface area contributed by atoms with Gasteiger partial charge in [-0.1, -0.05) is 33.6 Å². The van der Waals surface area contributed by atoms with Gasteiger partial charge in [-0.25, -0.2) is 4.39 Å². The molecule has 104 valence electrons. The van der Waals surface area contributed by atoms with Gasteiger partial charge in [-0.05, 0) is 24.3 Å². The van der Waals surface area contributed by atoms with Crippen LogP contribution in [-0.4, -0.2) is 4.92 Å². The summed E-state index contributed by atoms with van der Waals surface area (Å²) in [6.07, 6.45) is 0. The molecule has 2 rings (SSSR count). The first-order chi connectivity index (χ1) is 9.49. The average molecular weight is 360 g/mol. The maximum absolute atomic E-state index is 13.6. The van der Waals surface area contributed by atoms with Crippen molar-refractivity contribution in [3.05, 3.63) is 67.4 Å². The molecule has 0 saturated heterocycles. The molecular weight excluding hydrogens is 351 g/mol. The quantitative estimate of drug-likeness (QED) is 0.632. The van der Waals surface area contributed by atoms with Crippen molar-refractivity contribution in [2.75, 3.05) is 5.32 Å². The third-order valence-electron chi connectivity index (χ3n) is 2.67. The topological polar surface area (TPSA) is 55.2 Å². The monoisotopic (exact) mass is 358 g/mol. The van der Waals surface area contributed by atoms with Gasteiger partial charge in [-0.2, -0.15) is 0 Å². The van der Waals surface area contributed by atoms with Crippen LogP contribution in [0.5, 0.6) is 0 Å². The molecule has 0 spiro atoms. The van der Waals surface area contributed by atoms with Crippen LogP contribution in [0.2, 0.25) is 5.02 Å². The van der Waals surface area contributed by atoms with Gasteiger partial charge in [0.15, 0.2) is 0 Å². The lowest BCUT2D eigenvalue weighted by atomic mass is 10.1. The fourth-order valence-corrected chi connectivity index (χ4v) is 2.31. The van der Waals surface area contributed by atoms with Crippen LogP contribution in [-0.2, 0) is 6.54 Å². The van der Waals surface area contributed by atoms with E-state index in [1.54, 1.807) is 18.2 Å². The van der Waals surface area contributed by atoms with Crippen molar-refractivity contribution in [3.8, 4) is 0 Å². The van der Waals surface area contributed by atoms with Gasteiger partial charge >= 0.3 is 0 Å². The molecule has 0 aliphatic rings. The SMILES string of the molecule is O=[N+]([O-])c1cccc(Cl)c1CNc1cc(Br)ccc1F. The first kappa shape index (κ1) is 14.7. The minimum absolute atomic E-state index is 0.0589. The molecule has 0 amide bonds. The Kier molecular flexibility index (Phi) is 4.57. The molecule has 0 aliphatic heterocycles. The lowest BCUT2D eigenvalue weighted by molar-refractivity contribution is -0.385. The summed E-state index contributed by atoms with van der Waals surface area (Å²) in [5, 5.41) is 14.0. The Balaban J connectivity index is 2.27. The van der Waals surface area contributed by atoms with Crippen molar-refractivity contribution >= 4 is 38.9 Å². The zero-order chi connectivity index (χ0) is 14.7. The van der Waals surface area contributed by atoms with E-state index in [0.717, 1.165) is 0 Å². The fraction of sp³-hybridized carbons (Fsp3) is 0.0769. The molecule has 0 aromatic heterocycles. The highest BCUT2D eigenvalue weighted by Crippen LogP contribution is 2.28. The predicted octanol–water partition coefficient (Wildman–Crippen LogP) is 4.76. The molecular formula is C13H9BrClFN2O2. The Morgan fingerprint density at radius 2 is 2.10 bits per heavy atom. The molecule has 4 nitrogen and oxygen atoms in total. The van der Waals surface area contributed by atoms with Gasteiger partial charge in [0.05, 0.1) is 21.2 Å². The van der Waals surface area contributed by atoms with E-state index in [1.807, 2.05) is 0 Å². The van der Waals surface area contributed by atoms with Crippen molar-refractivity contribution in [2.45, 2.75) is 6.54 Å². The van der Waals surface area contributed by atoms with Crippen molar-refractivity contribution in [2.24, 2.45) is 0 Å². The lowest BCUT2D eigenvalue weighted by Gasteiger charge is -2.10. The summed E-state index contributed by atoms with van der Waals surface area (Å²) >= 11 is 9.20. The summed E-state index contributed by atoms with van der Waals surface area (Å²) in [4.78, 5) is 10.4. The lowest BCUT2D eigenvalue weighted by Crippen LogP contribution is -2.05. The van der Waals surface area contributed by atoms with E-state index in [1.165, 1.54) is 18.2 Å². The molecule has 1 N–H and O–H groups in total. The minimum Gasteiger partial charge on any atom is -0.378 e. The van der Waals surface area contributed by atoms with Gasteiger partial charge in [0.25, 0.3) is 5.69 Å². The van der Waals surface area contributed by atoms with Crippen LogP contribution in [0.15, 0.2) is 40.9 Å². The van der Waals surface area contributed by atoms with Crippen molar-refractivity contribution in [1.29, 1.82) is 0 Å². The molecule has 0 aliphatic carbocycles. The van der Waals surface area contributed by atoms with Crippen LogP contribution < -0.4 is 5.32 Å². The van der Waals surface area contributed by atoms with E-state index in [4.69, 9.17) is 11.6 Å². The molecule has 0 unspecified atom stereocenters. The van der Waals surface area contributed by atoms with Crippen LogP contribution in [0.4, 0.5) is 15.8 Å². The van der Waals surface area contributed by atoms with Crippen molar-refractivity contribution < 1.29 is 9.31 Å². The van der Waals surface area contributed by atoms with Crippen LogP contribution in [0, 0.1) is 15.9 Å². The zero-order valence-electron chi connectivity index (χ0n) is 10.1. The Hall–Kier alpha value is -1.66. The molecule has 0 bridgehead atoms. The standard InChI is InChI=1S/C13H9BrClFN2O2/c14-8-4-5-11(16)12(6-8)17-7-9-10(15)2-1-3-13(9)18(19)20/h1-6,17H,7H2. The third-order valence-corrected chi connectivity index (χ3v) is 3.52. The van der Waals surface area contributed by atoms with Crippen LogP contribution in [0.1, 0.15) is 5.56 Å². The molecule has 20 heavy (non-hydrogen) atoms. The Labute approximate surface area is 127 Å². The van der Waals surface area contributed by atoms with E-state index in [9.17, 15) is 14.5 Å². The van der Waals surface area contributed by atoms with Crippen LogP contribution in [0.3, 0.4) is 0 Å². The second kappa shape index (κ2) is 6.19. The van der Waals surface area contributed by atoms with E-state index in [-0.39, 0.29) is 22.9 Å². The number of anilines is 1. The molecule has 0 radical (unpaired) electrons. The molecule has 2 aromatic rings. The maximum atomic E-state index is 13.6. The summed E-state index contributed by atoms with van der Waals surface area (Å²) < 4.78 is 14.3. The van der Waals surface area contributed by atoms with Crippen LogP contribution in [0.25, 0.3) is 0 Å². The van der Waals surface area contributed by atoms with E-state index >= 15 is 0 Å². The number of nitrogens with zero attached hydrogens (tertiary/aromatic N) is 1. The van der Waals surface area contributed by atoms with Gasteiger partial charge in [0.1, 0.15) is 5.82 Å². The minimum atomic E-state index is -0.514. The number of benzene rings is 2. The molecule has 0 fully saturated rings. The number of nitro benzene ring substituents is 1. The van der Waals surface area contributed by atoms with Crippen LogP contribution >= 0.6 is 27.5 Å². The zero-order valence-corrected chi connectivity index (χ0v) is 12.4. The second-order valence-corrected chi connectivity index (χ2v) is 5.30. The largest absolute Gasteiger partial charge is 0.378 e. The van der Waals surface area contributed by atoms with Crippen molar-refractivity contribution in [1.82, 2.24) is 0 Å². The second-order valence-electron chi connectivity index (χ2n) is 3.97. The van der Waals surface area contributed by atoms with Gasteiger partial charge < -0.3 is 5.32 Å². The number of halogens is 3. The Morgan fingerprint density at radius 3 is 2.80 bits per heavy atom. The summed E-state index contributed by atoms with van der Waals surface area (Å²) in [6.45, 7) is 0.0589. The Bertz CT molecular complexity index is 667. The number of nitro groups is 1. The third kappa shape index (κ3) is 3.26. The first-order valence-electron chi connectivity index (χ1n) is 5.59. The molecule has 0 atom stereocenters. The fourth-order valence-electron chi connectivity index (χ4n) is 1.71. The summed E-state index contributed by atoms with van der Waals surface area (Å²) in [5.74, 6) is -0.442. The highest BCUT2D eigenvalue weighted by molar-refractivity contribution is 9.10. The average Bonchev–Trinajstić information content (AvgIpc) is 2.40. The summed E-state index contributed by atoms with van der Waals surface area (Å²) in [6, 6.07) is 8.84. The van der Waals surface area contributed by atoms with Crippen molar-refractivity contribution in [3.63, 3.8) is 0 Å². The maximum Gasteiger partial charge on any atom is 0.275 e. The smallest absolute Gasteiger partial charge is 0.275 e. The normalized spacial score (nSPS) is 10.3. The Morgan fingerprint density at radius 1 is 1.35 bits per heavy atom. The molecule has 0 saturated carbocycles. The van der Waals surface area contributed by atoms with Gasteiger partial charge in [-0.3, -0.25) is 10.1 Å². The van der Waals surface area contributed by atoms with E-state index < -0.39 is 10.7 Å². The molecule has 0 heterocycles. The molecule has 7 heteroatoms. The highest BCUT2D eigenvalue weighted by atomic mass is 79.9. The number of hydrogen-bond donors (Lipinski definition) is 1. The number of nitrogens with one attached hydrogen (secondary N) is 1. The predicted molar refractivity (Wildman–Crippen MR) is 79.5 cm³/mol. The number of hydrogen-bond acceptors (Lipinski definition) is 3.